The van der Waals surface area contributed by atoms with Crippen molar-refractivity contribution in [3.05, 3.63) is 100 Å². The number of hydrogen-bond acceptors (Lipinski definition) is 3. The molecule has 0 saturated heterocycles. The first-order chi connectivity index (χ1) is 18.9. The summed E-state index contributed by atoms with van der Waals surface area (Å²) in [6.45, 7) is 4.38. The Morgan fingerprint density at radius 1 is 0.923 bits per heavy atom. The summed E-state index contributed by atoms with van der Waals surface area (Å²) >= 11 is 3.55. The number of ether oxygens (including phenoxy) is 1. The lowest BCUT2D eigenvalue weighted by Gasteiger charge is -2.33. The van der Waals surface area contributed by atoms with E-state index in [-0.39, 0.29) is 30.4 Å². The highest BCUT2D eigenvalue weighted by molar-refractivity contribution is 9.10. The first-order valence-corrected chi connectivity index (χ1v) is 14.8. The van der Waals surface area contributed by atoms with Gasteiger partial charge in [-0.2, -0.15) is 0 Å². The average Bonchev–Trinajstić information content (AvgIpc) is 2.95. The van der Waals surface area contributed by atoms with Crippen LogP contribution in [-0.4, -0.2) is 35.4 Å². The summed E-state index contributed by atoms with van der Waals surface area (Å²) in [5.41, 5.74) is 3.02. The molecule has 1 N–H and O–H groups in total. The van der Waals surface area contributed by atoms with Crippen LogP contribution in [0.15, 0.2) is 83.3 Å². The van der Waals surface area contributed by atoms with E-state index in [9.17, 15) is 9.59 Å². The van der Waals surface area contributed by atoms with Crippen LogP contribution in [0.1, 0.15) is 68.6 Å². The maximum Gasteiger partial charge on any atom is 0.261 e. The van der Waals surface area contributed by atoms with Gasteiger partial charge in [0.25, 0.3) is 5.91 Å². The molecular formula is C33H39BrN2O3. The van der Waals surface area contributed by atoms with Crippen molar-refractivity contribution < 1.29 is 14.3 Å². The summed E-state index contributed by atoms with van der Waals surface area (Å²) in [5, 5.41) is 3.29. The van der Waals surface area contributed by atoms with E-state index in [0.29, 0.717) is 18.7 Å². The summed E-state index contributed by atoms with van der Waals surface area (Å²) in [6, 6.07) is 25.1. The first kappa shape index (κ1) is 28.9. The molecule has 5 nitrogen and oxygen atoms in total. The number of halogens is 1. The molecule has 1 aliphatic carbocycles. The van der Waals surface area contributed by atoms with Gasteiger partial charge in [0.15, 0.2) is 6.61 Å². The molecule has 0 aliphatic heterocycles. The van der Waals surface area contributed by atoms with Crippen LogP contribution in [0, 0.1) is 0 Å². The second kappa shape index (κ2) is 14.3. The van der Waals surface area contributed by atoms with Crippen LogP contribution in [0.4, 0.5) is 0 Å². The minimum absolute atomic E-state index is 0.100. The second-order valence-electron chi connectivity index (χ2n) is 10.7. The van der Waals surface area contributed by atoms with Crippen LogP contribution in [0.2, 0.25) is 0 Å². The molecule has 0 bridgehead atoms. The van der Waals surface area contributed by atoms with Crippen LogP contribution < -0.4 is 10.1 Å². The Morgan fingerprint density at radius 3 is 2.33 bits per heavy atom. The van der Waals surface area contributed by atoms with Crippen molar-refractivity contribution >= 4 is 27.7 Å². The summed E-state index contributed by atoms with van der Waals surface area (Å²) in [4.78, 5) is 29.5. The number of para-hydroxylation sites is 1. The van der Waals surface area contributed by atoms with E-state index in [4.69, 9.17) is 4.74 Å². The Bertz CT molecular complexity index is 1220. The van der Waals surface area contributed by atoms with Gasteiger partial charge in [0.2, 0.25) is 5.91 Å². The van der Waals surface area contributed by atoms with Crippen LogP contribution in [0.3, 0.4) is 0 Å². The fraction of sp³-hybridized carbons (Fsp3) is 0.394. The van der Waals surface area contributed by atoms with Crippen molar-refractivity contribution in [3.8, 4) is 5.75 Å². The van der Waals surface area contributed by atoms with Gasteiger partial charge in [-0.05, 0) is 53.6 Å². The lowest BCUT2D eigenvalue weighted by atomic mass is 9.94. The summed E-state index contributed by atoms with van der Waals surface area (Å²) < 4.78 is 7.03. The predicted octanol–water partition coefficient (Wildman–Crippen LogP) is 7.04. The van der Waals surface area contributed by atoms with E-state index < -0.39 is 6.04 Å². The van der Waals surface area contributed by atoms with Crippen molar-refractivity contribution in [2.75, 3.05) is 6.61 Å². The number of nitrogens with one attached hydrogen (secondary N) is 1. The molecule has 0 heterocycles. The van der Waals surface area contributed by atoms with Crippen molar-refractivity contribution in [3.63, 3.8) is 0 Å². The van der Waals surface area contributed by atoms with E-state index >= 15 is 0 Å². The molecule has 0 spiro atoms. The largest absolute Gasteiger partial charge is 0.483 e. The zero-order chi connectivity index (χ0) is 27.6. The SMILES string of the molecule is CC(C)c1ccccc1OCC(=O)N(Cc1cccc(Br)c1)C(Cc1ccccc1)C(=O)NC1CCCCC1. The fourth-order valence-electron chi connectivity index (χ4n) is 5.24. The summed E-state index contributed by atoms with van der Waals surface area (Å²) in [5.74, 6) is 0.653. The van der Waals surface area contributed by atoms with E-state index in [1.165, 1.54) is 6.42 Å². The van der Waals surface area contributed by atoms with Crippen LogP contribution >= 0.6 is 15.9 Å². The number of rotatable bonds is 11. The van der Waals surface area contributed by atoms with E-state index in [2.05, 4.69) is 35.1 Å². The lowest BCUT2D eigenvalue weighted by Crippen LogP contribution is -2.53. The number of hydrogen-bond donors (Lipinski definition) is 1. The standard InChI is InChI=1S/C33H39BrN2O3/c1-24(2)29-18-9-10-19-31(29)39-23-32(37)36(22-26-14-11-15-27(34)20-26)30(21-25-12-5-3-6-13-25)33(38)35-28-16-7-4-8-17-28/h3,5-6,9-15,18-20,24,28,30H,4,7-8,16-17,21-23H2,1-2H3,(H,35,38). The highest BCUT2D eigenvalue weighted by Gasteiger charge is 2.32. The maximum absolute atomic E-state index is 13.9. The molecule has 1 aliphatic rings. The van der Waals surface area contributed by atoms with Crippen LogP contribution in [0.25, 0.3) is 0 Å². The van der Waals surface area contributed by atoms with Gasteiger partial charge in [-0.3, -0.25) is 9.59 Å². The normalized spacial score (nSPS) is 14.6. The van der Waals surface area contributed by atoms with Crippen LogP contribution in [0.5, 0.6) is 5.75 Å². The predicted molar refractivity (Wildman–Crippen MR) is 160 cm³/mol. The van der Waals surface area contributed by atoms with Crippen molar-refractivity contribution in [2.24, 2.45) is 0 Å². The molecule has 1 saturated carbocycles. The zero-order valence-corrected chi connectivity index (χ0v) is 24.5. The third-order valence-electron chi connectivity index (χ3n) is 7.36. The number of carbonyl (C=O) groups is 2. The summed E-state index contributed by atoms with van der Waals surface area (Å²) in [7, 11) is 0. The van der Waals surface area contributed by atoms with Gasteiger partial charge in [-0.25, -0.2) is 0 Å². The Kier molecular flexibility index (Phi) is 10.6. The number of benzene rings is 3. The number of nitrogens with zero attached hydrogens (tertiary/aromatic N) is 1. The Hall–Kier alpha value is -3.12. The minimum Gasteiger partial charge on any atom is -0.483 e. The second-order valence-corrected chi connectivity index (χ2v) is 11.6. The zero-order valence-electron chi connectivity index (χ0n) is 22.9. The van der Waals surface area contributed by atoms with Crippen molar-refractivity contribution in [1.29, 1.82) is 0 Å². The average molecular weight is 592 g/mol. The quantitative estimate of drug-likeness (QED) is 0.260. The van der Waals surface area contributed by atoms with Gasteiger partial charge in [0.1, 0.15) is 11.8 Å². The van der Waals surface area contributed by atoms with Gasteiger partial charge in [-0.1, -0.05) is 110 Å². The van der Waals surface area contributed by atoms with E-state index in [1.807, 2.05) is 78.9 Å². The first-order valence-electron chi connectivity index (χ1n) is 14.0. The van der Waals surface area contributed by atoms with Crippen molar-refractivity contribution in [2.45, 2.75) is 76.9 Å². The molecular weight excluding hydrogens is 552 g/mol. The molecule has 0 radical (unpaired) electrons. The molecule has 4 rings (SSSR count). The Labute approximate surface area is 241 Å². The number of amides is 2. The molecule has 2 amide bonds. The van der Waals surface area contributed by atoms with Gasteiger partial charge in [0, 0.05) is 23.5 Å². The van der Waals surface area contributed by atoms with Gasteiger partial charge in [0.05, 0.1) is 0 Å². The highest BCUT2D eigenvalue weighted by atomic mass is 79.9. The lowest BCUT2D eigenvalue weighted by molar-refractivity contribution is -0.143. The number of carbonyl (C=O) groups excluding carboxylic acids is 2. The molecule has 39 heavy (non-hydrogen) atoms. The maximum atomic E-state index is 13.9. The van der Waals surface area contributed by atoms with E-state index in [1.54, 1.807) is 4.90 Å². The highest BCUT2D eigenvalue weighted by Crippen LogP contribution is 2.26. The molecule has 1 unspecified atom stereocenters. The van der Waals surface area contributed by atoms with Gasteiger partial charge >= 0.3 is 0 Å². The topological polar surface area (TPSA) is 58.6 Å². The minimum atomic E-state index is -0.662. The van der Waals surface area contributed by atoms with Crippen molar-refractivity contribution in [1.82, 2.24) is 10.2 Å². The molecule has 1 fully saturated rings. The van der Waals surface area contributed by atoms with Gasteiger partial charge < -0.3 is 15.0 Å². The summed E-state index contributed by atoms with van der Waals surface area (Å²) in [6.07, 6.45) is 5.86. The third kappa shape index (κ3) is 8.43. The fourth-order valence-corrected chi connectivity index (χ4v) is 5.69. The molecule has 206 valence electrons. The molecule has 6 heteroatoms. The molecule has 3 aromatic rings. The van der Waals surface area contributed by atoms with Gasteiger partial charge in [-0.15, -0.1) is 0 Å². The van der Waals surface area contributed by atoms with Crippen LogP contribution in [-0.2, 0) is 22.6 Å². The smallest absolute Gasteiger partial charge is 0.261 e. The Balaban J connectivity index is 1.63. The van der Waals surface area contributed by atoms with E-state index in [0.717, 1.165) is 46.8 Å². The monoisotopic (exact) mass is 590 g/mol. The molecule has 3 aromatic carbocycles. The molecule has 1 atom stereocenters. The Morgan fingerprint density at radius 2 is 1.62 bits per heavy atom. The molecule has 0 aromatic heterocycles. The third-order valence-corrected chi connectivity index (χ3v) is 7.85.